The summed E-state index contributed by atoms with van der Waals surface area (Å²) in [6, 6.07) is 6.28. The van der Waals surface area contributed by atoms with Crippen LogP contribution in [-0.2, 0) is 0 Å². The second kappa shape index (κ2) is 8.32. The molecule has 0 aliphatic carbocycles. The first-order chi connectivity index (χ1) is 14.8. The molecule has 7 nitrogen and oxygen atoms in total. The number of hydrogen-bond acceptors (Lipinski definition) is 7. The minimum absolute atomic E-state index is 0.101. The van der Waals surface area contributed by atoms with Crippen LogP contribution in [0, 0.1) is 6.92 Å². The summed E-state index contributed by atoms with van der Waals surface area (Å²) in [7, 11) is 1.68. The first-order valence-electron chi connectivity index (χ1n) is 10.3. The molecule has 1 fully saturated rings. The molecule has 2 unspecified atom stereocenters. The van der Waals surface area contributed by atoms with Crippen LogP contribution in [0.3, 0.4) is 0 Å². The van der Waals surface area contributed by atoms with E-state index in [2.05, 4.69) is 39.0 Å². The number of benzene rings is 1. The maximum atomic E-state index is 10.7. The Morgan fingerprint density at radius 1 is 1.29 bits per heavy atom. The van der Waals surface area contributed by atoms with Crippen molar-refractivity contribution in [3.63, 3.8) is 0 Å². The van der Waals surface area contributed by atoms with Crippen LogP contribution in [0.2, 0.25) is 5.02 Å². The molecule has 31 heavy (non-hydrogen) atoms. The van der Waals surface area contributed by atoms with E-state index < -0.39 is 0 Å². The van der Waals surface area contributed by atoms with Gasteiger partial charge in [0.1, 0.15) is 5.75 Å². The fourth-order valence-corrected chi connectivity index (χ4v) is 4.53. The van der Waals surface area contributed by atoms with Gasteiger partial charge in [0.2, 0.25) is 0 Å². The lowest BCUT2D eigenvalue weighted by Crippen LogP contribution is -2.54. The zero-order valence-electron chi connectivity index (χ0n) is 18.1. The van der Waals surface area contributed by atoms with E-state index in [0.717, 1.165) is 29.7 Å². The van der Waals surface area contributed by atoms with Gasteiger partial charge >= 0.3 is 0 Å². The monoisotopic (exact) mass is 438 g/mol. The molecule has 3 heterocycles. The lowest BCUT2D eigenvalue weighted by molar-refractivity contribution is 0.407. The number of halogens is 1. The number of nitrogens with one attached hydrogen (secondary N) is 1. The lowest BCUT2D eigenvalue weighted by atomic mass is 9.99. The lowest BCUT2D eigenvalue weighted by Gasteiger charge is -2.37. The normalized spacial score (nSPS) is 19.5. The zero-order valence-corrected chi connectivity index (χ0v) is 18.9. The van der Waals surface area contributed by atoms with Gasteiger partial charge in [-0.1, -0.05) is 11.6 Å². The molecule has 0 radical (unpaired) electrons. The molecule has 2 aromatic heterocycles. The van der Waals surface area contributed by atoms with Gasteiger partial charge in [-0.05, 0) is 39.0 Å². The highest BCUT2D eigenvalue weighted by molar-refractivity contribution is 6.37. The number of pyridine rings is 2. The number of nitrogens with zero attached hydrogens (tertiary/aromatic N) is 4. The Bertz CT molecular complexity index is 1170. The minimum Gasteiger partial charge on any atom is -0.507 e. The van der Waals surface area contributed by atoms with E-state index in [4.69, 9.17) is 17.3 Å². The van der Waals surface area contributed by atoms with Gasteiger partial charge in [-0.3, -0.25) is 4.99 Å². The average molecular weight is 439 g/mol. The third-order valence-corrected chi connectivity index (χ3v) is 6.11. The largest absolute Gasteiger partial charge is 0.507 e. The van der Waals surface area contributed by atoms with Crippen molar-refractivity contribution >= 4 is 40.2 Å². The van der Waals surface area contributed by atoms with Gasteiger partial charge < -0.3 is 21.1 Å². The van der Waals surface area contributed by atoms with Crippen molar-refractivity contribution < 1.29 is 5.11 Å². The van der Waals surface area contributed by atoms with E-state index in [0.29, 0.717) is 45.3 Å². The summed E-state index contributed by atoms with van der Waals surface area (Å²) in [5, 5.41) is 15.6. The third-order valence-electron chi connectivity index (χ3n) is 5.71. The fraction of sp³-hybridized carbons (Fsp3) is 0.348. The van der Waals surface area contributed by atoms with Crippen molar-refractivity contribution in [2.24, 2.45) is 4.99 Å². The summed E-state index contributed by atoms with van der Waals surface area (Å²) in [5.74, 6) is 0.101. The van der Waals surface area contributed by atoms with Crippen LogP contribution in [0.4, 0.5) is 11.4 Å². The molecular formula is C23H27ClN6O. The first kappa shape index (κ1) is 21.3. The van der Waals surface area contributed by atoms with E-state index in [1.54, 1.807) is 32.4 Å². The number of phenols is 1. The maximum absolute atomic E-state index is 10.7. The number of aliphatic imine (C=N–C) groups is 1. The van der Waals surface area contributed by atoms with Crippen molar-refractivity contribution in [2.75, 3.05) is 30.8 Å². The van der Waals surface area contributed by atoms with Crippen LogP contribution >= 0.6 is 11.6 Å². The Labute approximate surface area is 187 Å². The molecule has 1 aromatic carbocycles. The Balaban J connectivity index is 1.78. The highest BCUT2D eigenvalue weighted by atomic mass is 35.5. The Kier molecular flexibility index (Phi) is 5.73. The van der Waals surface area contributed by atoms with Crippen LogP contribution in [0.1, 0.15) is 25.0 Å². The van der Waals surface area contributed by atoms with Crippen molar-refractivity contribution in [3.8, 4) is 17.0 Å². The Hall–Kier alpha value is -2.90. The van der Waals surface area contributed by atoms with Crippen LogP contribution in [0.25, 0.3) is 22.3 Å². The molecule has 4 N–H and O–H groups in total. The summed E-state index contributed by atoms with van der Waals surface area (Å²) < 4.78 is 0. The minimum atomic E-state index is 0.101. The SMILES string of the molecule is CN=Cc1cc(-c2ccc3c(Cl)c(N4CC(C)NC(C)C4)cnc3n2)c(O)c(C)c1N. The quantitative estimate of drug-likeness (QED) is 0.425. The molecule has 0 saturated carbocycles. The van der Waals surface area contributed by atoms with E-state index in [1.807, 2.05) is 12.1 Å². The van der Waals surface area contributed by atoms with E-state index in [-0.39, 0.29) is 5.75 Å². The standard InChI is InChI=1S/C23H27ClN6O/c1-12-10-30(11-13(2)28-12)19-9-27-23-16(20(19)24)5-6-18(29-23)17-7-15(8-26-4)21(25)14(3)22(17)31/h5-9,12-13,28,31H,10-11,25H2,1-4H3. The second-order valence-corrected chi connectivity index (χ2v) is 8.56. The number of fused-ring (bicyclic) bond motifs is 1. The number of aromatic nitrogens is 2. The van der Waals surface area contributed by atoms with Gasteiger partial charge in [-0.25, -0.2) is 9.97 Å². The number of nitrogen functional groups attached to an aromatic ring is 1. The predicted octanol–water partition coefficient (Wildman–Crippen LogP) is 3.78. The number of aromatic hydroxyl groups is 1. The van der Waals surface area contributed by atoms with Crippen LogP contribution < -0.4 is 16.0 Å². The highest BCUT2D eigenvalue weighted by Crippen LogP contribution is 2.38. The van der Waals surface area contributed by atoms with Gasteiger partial charge in [-0.15, -0.1) is 0 Å². The number of nitrogens with two attached hydrogens (primary N) is 1. The van der Waals surface area contributed by atoms with Crippen LogP contribution in [0.5, 0.6) is 5.75 Å². The Morgan fingerprint density at radius 3 is 2.68 bits per heavy atom. The molecule has 1 aliphatic rings. The molecule has 4 rings (SSSR count). The average Bonchev–Trinajstić information content (AvgIpc) is 2.73. The van der Waals surface area contributed by atoms with Crippen molar-refractivity contribution in [2.45, 2.75) is 32.9 Å². The third kappa shape index (κ3) is 3.91. The van der Waals surface area contributed by atoms with Crippen LogP contribution in [-0.4, -0.2) is 53.5 Å². The van der Waals surface area contributed by atoms with Gasteiger partial charge in [0, 0.05) is 66.2 Å². The summed E-state index contributed by atoms with van der Waals surface area (Å²) in [6.07, 6.45) is 3.46. The number of anilines is 2. The molecule has 162 valence electrons. The number of piperazine rings is 1. The fourth-order valence-electron chi connectivity index (χ4n) is 4.22. The molecule has 1 aliphatic heterocycles. The van der Waals surface area contributed by atoms with Crippen LogP contribution in [0.15, 0.2) is 29.4 Å². The molecule has 1 saturated heterocycles. The first-order valence-corrected chi connectivity index (χ1v) is 10.7. The van der Waals surface area contributed by atoms with Crippen molar-refractivity contribution in [1.29, 1.82) is 0 Å². The van der Waals surface area contributed by atoms with Gasteiger partial charge in [0.15, 0.2) is 5.65 Å². The predicted molar refractivity (Wildman–Crippen MR) is 129 cm³/mol. The molecule has 3 aromatic rings. The van der Waals surface area contributed by atoms with Gasteiger partial charge in [0.05, 0.1) is 22.6 Å². The van der Waals surface area contributed by atoms with Crippen molar-refractivity contribution in [1.82, 2.24) is 15.3 Å². The van der Waals surface area contributed by atoms with E-state index >= 15 is 0 Å². The number of hydrogen-bond donors (Lipinski definition) is 3. The molecule has 8 heteroatoms. The highest BCUT2D eigenvalue weighted by Gasteiger charge is 2.24. The molecule has 0 spiro atoms. The summed E-state index contributed by atoms with van der Waals surface area (Å²) in [4.78, 5) is 15.6. The second-order valence-electron chi connectivity index (χ2n) is 8.19. The van der Waals surface area contributed by atoms with E-state index in [9.17, 15) is 5.11 Å². The molecule has 0 bridgehead atoms. The topological polar surface area (TPSA) is 99.7 Å². The number of phenolic OH excluding ortho intramolecular Hbond substituents is 1. The van der Waals surface area contributed by atoms with Gasteiger partial charge in [0.25, 0.3) is 0 Å². The maximum Gasteiger partial charge on any atom is 0.161 e. The number of rotatable bonds is 3. The summed E-state index contributed by atoms with van der Waals surface area (Å²) in [6.45, 7) is 7.83. The van der Waals surface area contributed by atoms with E-state index in [1.165, 1.54) is 0 Å². The molecular weight excluding hydrogens is 412 g/mol. The smallest absolute Gasteiger partial charge is 0.161 e. The summed E-state index contributed by atoms with van der Waals surface area (Å²) >= 11 is 6.79. The Morgan fingerprint density at radius 2 is 2.00 bits per heavy atom. The van der Waals surface area contributed by atoms with Gasteiger partial charge in [-0.2, -0.15) is 0 Å². The summed E-state index contributed by atoms with van der Waals surface area (Å²) in [5.41, 5.74) is 10.6. The molecule has 0 amide bonds. The van der Waals surface area contributed by atoms with Crippen molar-refractivity contribution in [3.05, 3.63) is 40.5 Å². The zero-order chi connectivity index (χ0) is 22.3. The molecule has 2 atom stereocenters.